The highest BCUT2D eigenvalue weighted by atomic mass is 28.4. The lowest BCUT2D eigenvalue weighted by atomic mass is 10.1. The first-order valence-corrected chi connectivity index (χ1v) is 10.1. The van der Waals surface area contributed by atoms with Crippen molar-refractivity contribution in [1.29, 1.82) is 0 Å². The van der Waals surface area contributed by atoms with Crippen LogP contribution in [0.15, 0.2) is 42.5 Å². The van der Waals surface area contributed by atoms with Crippen molar-refractivity contribution in [2.24, 2.45) is 0 Å². The Labute approximate surface area is 125 Å². The van der Waals surface area contributed by atoms with Crippen LogP contribution in [0.2, 0.25) is 19.6 Å². The number of carbonyl (C=O) groups is 2. The zero-order chi connectivity index (χ0) is 15.9. The van der Waals surface area contributed by atoms with Gasteiger partial charge in [-0.1, -0.05) is 30.3 Å². The minimum atomic E-state index is -1.70. The van der Waals surface area contributed by atoms with Crippen LogP contribution in [-0.2, 0) is 14.0 Å². The van der Waals surface area contributed by atoms with E-state index in [1.807, 2.05) is 30.3 Å². The summed E-state index contributed by atoms with van der Waals surface area (Å²) in [5.74, 6) is -1.61. The smallest absolute Gasteiger partial charge is 0.328 e. The third-order valence-electron chi connectivity index (χ3n) is 2.58. The predicted octanol–water partition coefficient (Wildman–Crippen LogP) is 2.34. The molecule has 2 N–H and O–H groups in total. The van der Waals surface area contributed by atoms with Crippen LogP contribution < -0.4 is 5.32 Å². The summed E-state index contributed by atoms with van der Waals surface area (Å²) in [6, 6.07) is 9.17. The van der Waals surface area contributed by atoms with Gasteiger partial charge in [-0.25, -0.2) is 4.79 Å². The molecule has 1 amide bonds. The molecule has 1 aromatic rings. The first-order chi connectivity index (χ1) is 9.78. The predicted molar refractivity (Wildman–Crippen MR) is 83.4 cm³/mol. The van der Waals surface area contributed by atoms with Gasteiger partial charge in [0.2, 0.25) is 5.91 Å². The number of rotatable bonds is 7. The van der Waals surface area contributed by atoms with Gasteiger partial charge in [-0.3, -0.25) is 4.79 Å². The van der Waals surface area contributed by atoms with Crippen molar-refractivity contribution < 1.29 is 19.1 Å². The standard InChI is InChI=1S/C15H21NO4Si/c1-21(2,3)20-11-13(12-7-5-4-6-8-12)16-14(17)9-10-15(18)19/h4-10,13H,11H2,1-3H3,(H,16,17)(H,18,19)/b10-9-/t13-/m1/s1. The molecular formula is C15H21NO4Si. The molecule has 0 radical (unpaired) electrons. The minimum absolute atomic E-state index is 0.302. The number of nitrogens with one attached hydrogen (secondary N) is 1. The zero-order valence-corrected chi connectivity index (χ0v) is 13.5. The van der Waals surface area contributed by atoms with Gasteiger partial charge in [0.1, 0.15) is 0 Å². The molecule has 1 rings (SSSR count). The molecule has 1 aromatic carbocycles. The number of aliphatic carboxylic acids is 1. The lowest BCUT2D eigenvalue weighted by molar-refractivity contribution is -0.131. The van der Waals surface area contributed by atoms with Gasteiger partial charge in [-0.2, -0.15) is 0 Å². The van der Waals surface area contributed by atoms with Crippen molar-refractivity contribution in [3.05, 3.63) is 48.0 Å². The largest absolute Gasteiger partial charge is 0.478 e. The summed E-state index contributed by atoms with van der Waals surface area (Å²) in [4.78, 5) is 22.2. The molecule has 114 valence electrons. The summed E-state index contributed by atoms with van der Waals surface area (Å²) in [6.07, 6.45) is 1.82. The number of carboxylic acid groups (broad SMARTS) is 1. The van der Waals surface area contributed by atoms with E-state index in [-0.39, 0.29) is 6.04 Å². The Hall–Kier alpha value is -1.92. The molecule has 0 spiro atoms. The summed E-state index contributed by atoms with van der Waals surface area (Å²) in [5, 5.41) is 11.3. The third-order valence-corrected chi connectivity index (χ3v) is 3.61. The molecule has 0 fully saturated rings. The summed E-state index contributed by atoms with van der Waals surface area (Å²) in [7, 11) is -1.70. The van der Waals surface area contributed by atoms with Crippen molar-refractivity contribution in [3.8, 4) is 0 Å². The van der Waals surface area contributed by atoms with Crippen molar-refractivity contribution in [2.45, 2.75) is 25.7 Å². The van der Waals surface area contributed by atoms with E-state index in [0.29, 0.717) is 6.61 Å². The Balaban J connectivity index is 2.77. The maximum atomic E-state index is 11.8. The normalized spacial score (nSPS) is 13.1. The van der Waals surface area contributed by atoms with Crippen molar-refractivity contribution in [2.75, 3.05) is 6.61 Å². The van der Waals surface area contributed by atoms with E-state index in [1.165, 1.54) is 0 Å². The van der Waals surface area contributed by atoms with Crippen LogP contribution >= 0.6 is 0 Å². The Morgan fingerprint density at radius 2 is 1.86 bits per heavy atom. The van der Waals surface area contributed by atoms with Gasteiger partial charge in [-0.05, 0) is 25.2 Å². The fourth-order valence-corrected chi connectivity index (χ4v) is 2.27. The van der Waals surface area contributed by atoms with Crippen LogP contribution in [0.4, 0.5) is 0 Å². The summed E-state index contributed by atoms with van der Waals surface area (Å²) in [6.45, 7) is 6.58. The summed E-state index contributed by atoms with van der Waals surface area (Å²) < 4.78 is 5.86. The molecule has 1 atom stereocenters. The van der Waals surface area contributed by atoms with Crippen LogP contribution in [0, 0.1) is 0 Å². The number of hydrogen-bond acceptors (Lipinski definition) is 3. The van der Waals surface area contributed by atoms with Crippen LogP contribution in [0.25, 0.3) is 0 Å². The van der Waals surface area contributed by atoms with Crippen molar-refractivity contribution in [3.63, 3.8) is 0 Å². The second kappa shape index (κ2) is 7.75. The molecule has 0 unspecified atom stereocenters. The maximum absolute atomic E-state index is 11.8. The van der Waals surface area contributed by atoms with Crippen molar-refractivity contribution in [1.82, 2.24) is 5.32 Å². The van der Waals surface area contributed by atoms with E-state index in [1.54, 1.807) is 0 Å². The minimum Gasteiger partial charge on any atom is -0.478 e. The molecule has 5 nitrogen and oxygen atoms in total. The number of carboxylic acids is 1. The van der Waals surface area contributed by atoms with E-state index in [9.17, 15) is 9.59 Å². The molecule has 0 heterocycles. The van der Waals surface area contributed by atoms with Crippen LogP contribution in [0.5, 0.6) is 0 Å². The SMILES string of the molecule is C[Si](C)(C)OC[C@@H](NC(=O)/C=C\C(=O)O)c1ccccc1. The highest BCUT2D eigenvalue weighted by Crippen LogP contribution is 2.15. The molecule has 0 aliphatic heterocycles. The van der Waals surface area contributed by atoms with E-state index < -0.39 is 20.2 Å². The van der Waals surface area contributed by atoms with Gasteiger partial charge in [0.05, 0.1) is 12.6 Å². The van der Waals surface area contributed by atoms with E-state index in [4.69, 9.17) is 9.53 Å². The molecule has 0 saturated carbocycles. The highest BCUT2D eigenvalue weighted by molar-refractivity contribution is 6.69. The Kier molecular flexibility index (Phi) is 6.32. The van der Waals surface area contributed by atoms with Crippen LogP contribution in [-0.4, -0.2) is 31.9 Å². The average Bonchev–Trinajstić information content (AvgIpc) is 2.41. The molecule has 0 aliphatic carbocycles. The number of carbonyl (C=O) groups excluding carboxylic acids is 1. The van der Waals surface area contributed by atoms with Crippen LogP contribution in [0.3, 0.4) is 0 Å². The number of benzene rings is 1. The second-order valence-corrected chi connectivity index (χ2v) is 10.1. The molecule has 0 aliphatic rings. The molecule has 6 heteroatoms. The topological polar surface area (TPSA) is 75.6 Å². The summed E-state index contributed by atoms with van der Waals surface area (Å²) >= 11 is 0. The average molecular weight is 307 g/mol. The summed E-state index contributed by atoms with van der Waals surface area (Å²) in [5.41, 5.74) is 0.924. The fourth-order valence-electron chi connectivity index (χ4n) is 1.61. The van der Waals surface area contributed by atoms with Gasteiger partial charge in [0.15, 0.2) is 8.32 Å². The second-order valence-electron chi connectivity index (χ2n) is 5.57. The lowest BCUT2D eigenvalue weighted by Gasteiger charge is -2.24. The number of hydrogen-bond donors (Lipinski definition) is 2. The highest BCUT2D eigenvalue weighted by Gasteiger charge is 2.19. The first kappa shape index (κ1) is 17.1. The lowest BCUT2D eigenvalue weighted by Crippen LogP contribution is -2.35. The van der Waals surface area contributed by atoms with E-state index in [0.717, 1.165) is 17.7 Å². The Bertz CT molecular complexity index is 508. The maximum Gasteiger partial charge on any atom is 0.328 e. The third kappa shape index (κ3) is 7.43. The Morgan fingerprint density at radius 3 is 2.38 bits per heavy atom. The van der Waals surface area contributed by atoms with Gasteiger partial charge in [0.25, 0.3) is 0 Å². The van der Waals surface area contributed by atoms with Crippen molar-refractivity contribution >= 4 is 20.2 Å². The molecule has 0 aromatic heterocycles. The molecule has 0 saturated heterocycles. The zero-order valence-electron chi connectivity index (χ0n) is 12.5. The van der Waals surface area contributed by atoms with Gasteiger partial charge < -0.3 is 14.8 Å². The molecule has 21 heavy (non-hydrogen) atoms. The van der Waals surface area contributed by atoms with Gasteiger partial charge in [0, 0.05) is 12.2 Å². The Morgan fingerprint density at radius 1 is 1.24 bits per heavy atom. The van der Waals surface area contributed by atoms with Gasteiger partial charge >= 0.3 is 5.97 Å². The quantitative estimate of drug-likeness (QED) is 0.599. The van der Waals surface area contributed by atoms with Crippen LogP contribution in [0.1, 0.15) is 11.6 Å². The molecular weight excluding hydrogens is 286 g/mol. The van der Waals surface area contributed by atoms with Gasteiger partial charge in [-0.15, -0.1) is 0 Å². The fraction of sp³-hybridized carbons (Fsp3) is 0.333. The van der Waals surface area contributed by atoms with E-state index in [2.05, 4.69) is 25.0 Å². The number of amides is 1. The monoisotopic (exact) mass is 307 g/mol. The molecule has 0 bridgehead atoms. The first-order valence-electron chi connectivity index (χ1n) is 6.68. The van der Waals surface area contributed by atoms with E-state index >= 15 is 0 Å².